The number of nitrogens with zero attached hydrogens (tertiary/aromatic N) is 1. The molecule has 0 spiro atoms. The van der Waals surface area contributed by atoms with Gasteiger partial charge in [0, 0.05) is 0 Å². The second-order valence-electron chi connectivity index (χ2n) is 3.55. The van der Waals surface area contributed by atoms with Gasteiger partial charge in [0.2, 0.25) is 0 Å². The fraction of sp³-hybridized carbons (Fsp3) is 1.00. The molecule has 0 saturated carbocycles. The van der Waals surface area contributed by atoms with Crippen LogP contribution in [-0.2, 0) is 4.84 Å². The molecule has 0 fully saturated rings. The molecule has 86 valence electrons. The van der Waals surface area contributed by atoms with E-state index in [1.54, 1.807) is 0 Å². The molecule has 0 saturated heterocycles. The van der Waals surface area contributed by atoms with Gasteiger partial charge >= 0.3 is 0 Å². The van der Waals surface area contributed by atoms with Crippen LogP contribution in [0.5, 0.6) is 0 Å². The third kappa shape index (κ3) is 4.88. The smallest absolute Gasteiger partial charge is 0.132 e. The Morgan fingerprint density at radius 3 is 1.50 bits per heavy atom. The van der Waals surface area contributed by atoms with E-state index in [4.69, 9.17) is 20.2 Å². The highest BCUT2D eigenvalue weighted by molar-refractivity contribution is 4.38. The summed E-state index contributed by atoms with van der Waals surface area (Å²) in [6.07, 6.45) is -0.000324. The maximum absolute atomic E-state index is 8.91. The molecule has 0 aromatic heterocycles. The van der Waals surface area contributed by atoms with Crippen molar-refractivity contribution in [3.63, 3.8) is 0 Å². The molecule has 0 amide bonds. The van der Waals surface area contributed by atoms with Crippen LogP contribution in [0.2, 0.25) is 0 Å². The van der Waals surface area contributed by atoms with Gasteiger partial charge in [-0.1, -0.05) is 0 Å². The van der Waals surface area contributed by atoms with E-state index in [0.29, 0.717) is 19.6 Å². The molecule has 5 heteroatoms. The molecule has 0 rings (SSSR count). The molecule has 0 heterocycles. The SMILES string of the molecule is CC(C)O[N+](CCO)(CCO)CCO. The summed E-state index contributed by atoms with van der Waals surface area (Å²) in [7, 11) is 0. The first-order valence-electron chi connectivity index (χ1n) is 4.97. The predicted molar refractivity (Wildman–Crippen MR) is 52.3 cm³/mol. The van der Waals surface area contributed by atoms with Crippen molar-refractivity contribution in [3.8, 4) is 0 Å². The lowest BCUT2D eigenvalue weighted by Gasteiger charge is -2.35. The Bertz CT molecular complexity index is 124. The van der Waals surface area contributed by atoms with Gasteiger partial charge in [-0.3, -0.25) is 0 Å². The third-order valence-electron chi connectivity index (χ3n) is 1.96. The highest BCUT2D eigenvalue weighted by Gasteiger charge is 2.29. The van der Waals surface area contributed by atoms with Crippen LogP contribution in [0, 0.1) is 0 Å². The van der Waals surface area contributed by atoms with Crippen LogP contribution in [0.25, 0.3) is 0 Å². The molecular weight excluding hydrogens is 186 g/mol. The Labute approximate surface area is 85.1 Å². The van der Waals surface area contributed by atoms with E-state index in [1.807, 2.05) is 13.8 Å². The zero-order valence-corrected chi connectivity index (χ0v) is 9.02. The Kier molecular flexibility index (Phi) is 7.04. The van der Waals surface area contributed by atoms with Gasteiger partial charge in [0.05, 0.1) is 19.8 Å². The van der Waals surface area contributed by atoms with Crippen molar-refractivity contribution in [3.05, 3.63) is 0 Å². The van der Waals surface area contributed by atoms with E-state index in [1.165, 1.54) is 0 Å². The van der Waals surface area contributed by atoms with Crippen molar-refractivity contribution in [2.45, 2.75) is 20.0 Å². The van der Waals surface area contributed by atoms with Gasteiger partial charge in [-0.05, 0) is 13.8 Å². The number of aliphatic hydroxyl groups is 3. The second-order valence-corrected chi connectivity index (χ2v) is 3.55. The van der Waals surface area contributed by atoms with Crippen LogP contribution in [-0.4, -0.2) is 65.5 Å². The van der Waals surface area contributed by atoms with Crippen molar-refractivity contribution in [1.82, 2.24) is 0 Å². The summed E-state index contributed by atoms with van der Waals surface area (Å²) in [6, 6.07) is 0. The topological polar surface area (TPSA) is 69.9 Å². The van der Waals surface area contributed by atoms with Crippen molar-refractivity contribution in [1.29, 1.82) is 0 Å². The summed E-state index contributed by atoms with van der Waals surface area (Å²) in [6.45, 7) is 4.88. The summed E-state index contributed by atoms with van der Waals surface area (Å²) in [5.74, 6) is 0. The zero-order chi connectivity index (χ0) is 11.0. The summed E-state index contributed by atoms with van der Waals surface area (Å²) in [5, 5.41) is 26.7. The van der Waals surface area contributed by atoms with Crippen LogP contribution in [0.3, 0.4) is 0 Å². The molecule has 0 aliphatic carbocycles. The van der Waals surface area contributed by atoms with Crippen LogP contribution in [0.1, 0.15) is 13.8 Å². The minimum atomic E-state index is -0.0211. The highest BCUT2D eigenvalue weighted by atomic mass is 16.7. The number of hydrogen-bond donors (Lipinski definition) is 3. The molecular formula is C9H22NO4+. The molecule has 0 radical (unpaired) electrons. The number of aliphatic hydroxyl groups excluding tert-OH is 3. The lowest BCUT2D eigenvalue weighted by Crippen LogP contribution is -2.54. The number of hydrogen-bond acceptors (Lipinski definition) is 4. The van der Waals surface area contributed by atoms with E-state index in [-0.39, 0.29) is 30.6 Å². The first-order valence-corrected chi connectivity index (χ1v) is 4.97. The van der Waals surface area contributed by atoms with Crippen LogP contribution in [0.15, 0.2) is 0 Å². The molecule has 14 heavy (non-hydrogen) atoms. The average Bonchev–Trinajstić information content (AvgIpc) is 2.03. The number of rotatable bonds is 8. The van der Waals surface area contributed by atoms with Crippen LogP contribution >= 0.6 is 0 Å². The lowest BCUT2D eigenvalue weighted by molar-refractivity contribution is -1.11. The van der Waals surface area contributed by atoms with Gasteiger partial charge in [-0.15, -0.1) is 0 Å². The maximum Gasteiger partial charge on any atom is 0.132 e. The molecule has 0 unspecified atom stereocenters. The molecule has 0 aliphatic heterocycles. The molecule has 5 nitrogen and oxygen atoms in total. The molecule has 0 bridgehead atoms. The second kappa shape index (κ2) is 7.14. The minimum Gasteiger partial charge on any atom is -0.390 e. The van der Waals surface area contributed by atoms with Crippen LogP contribution < -0.4 is 0 Å². The van der Waals surface area contributed by atoms with Gasteiger partial charge < -0.3 is 15.3 Å². The Morgan fingerprint density at radius 1 is 0.929 bits per heavy atom. The summed E-state index contributed by atoms with van der Waals surface area (Å²) < 4.78 is 0.112. The Morgan fingerprint density at radius 2 is 1.29 bits per heavy atom. The van der Waals surface area contributed by atoms with Gasteiger partial charge in [-0.2, -0.15) is 4.65 Å². The quantitative estimate of drug-likeness (QED) is 0.358. The Hall–Kier alpha value is -0.200. The van der Waals surface area contributed by atoms with Gasteiger partial charge in [0.15, 0.2) is 0 Å². The molecule has 0 atom stereocenters. The standard InChI is InChI=1S/C9H22NO4/c1-9(2)14-10(3-6-11,4-7-12)5-8-13/h9,11-13H,3-8H2,1-2H3/q+1. The molecule has 0 aliphatic rings. The Balaban J connectivity index is 4.37. The third-order valence-corrected chi connectivity index (χ3v) is 1.96. The normalized spacial score (nSPS) is 12.4. The highest BCUT2D eigenvalue weighted by Crippen LogP contribution is 2.10. The fourth-order valence-corrected chi connectivity index (χ4v) is 1.49. The summed E-state index contributed by atoms with van der Waals surface area (Å²) in [4.78, 5) is 5.62. The van der Waals surface area contributed by atoms with Gasteiger partial charge in [0.1, 0.15) is 25.7 Å². The van der Waals surface area contributed by atoms with Crippen molar-refractivity contribution in [2.75, 3.05) is 39.5 Å². The minimum absolute atomic E-state index is 0.000324. The van der Waals surface area contributed by atoms with Gasteiger partial charge in [0.25, 0.3) is 0 Å². The van der Waals surface area contributed by atoms with Crippen molar-refractivity contribution >= 4 is 0 Å². The molecule has 3 N–H and O–H groups in total. The van der Waals surface area contributed by atoms with Crippen LogP contribution in [0.4, 0.5) is 0 Å². The lowest BCUT2D eigenvalue weighted by atomic mass is 10.4. The summed E-state index contributed by atoms with van der Waals surface area (Å²) in [5.41, 5.74) is 0. The molecule has 0 aromatic rings. The van der Waals surface area contributed by atoms with Gasteiger partial charge in [-0.25, -0.2) is 4.84 Å². The maximum atomic E-state index is 8.91. The molecule has 0 aromatic carbocycles. The monoisotopic (exact) mass is 208 g/mol. The predicted octanol–water partition coefficient (Wildman–Crippen LogP) is -0.880. The van der Waals surface area contributed by atoms with Crippen molar-refractivity contribution in [2.24, 2.45) is 0 Å². The average molecular weight is 208 g/mol. The first-order chi connectivity index (χ1) is 6.60. The van der Waals surface area contributed by atoms with Crippen molar-refractivity contribution < 1.29 is 24.8 Å². The fourth-order valence-electron chi connectivity index (χ4n) is 1.49. The van der Waals surface area contributed by atoms with E-state index in [2.05, 4.69) is 0 Å². The van der Waals surface area contributed by atoms with E-state index < -0.39 is 0 Å². The number of quaternary nitrogens is 1. The first kappa shape index (κ1) is 13.8. The largest absolute Gasteiger partial charge is 0.390 e. The summed E-state index contributed by atoms with van der Waals surface area (Å²) >= 11 is 0. The number of hydroxylamine groups is 3. The van der Waals surface area contributed by atoms with E-state index >= 15 is 0 Å². The van der Waals surface area contributed by atoms with E-state index in [0.717, 1.165) is 0 Å². The van der Waals surface area contributed by atoms with E-state index in [9.17, 15) is 0 Å². The zero-order valence-electron chi connectivity index (χ0n) is 9.02.